The normalized spacial score (nSPS) is 21.6. The number of nitrogens with zero attached hydrogens (tertiary/aromatic N) is 2. The number of halogens is 2. The van der Waals surface area contributed by atoms with Crippen molar-refractivity contribution in [2.24, 2.45) is 17.3 Å². The summed E-state index contributed by atoms with van der Waals surface area (Å²) < 4.78 is 27.1. The molecule has 1 aromatic carbocycles. The van der Waals surface area contributed by atoms with Gasteiger partial charge in [0.15, 0.2) is 0 Å². The molecular weight excluding hydrogens is 584 g/mol. The monoisotopic (exact) mass is 627 g/mol. The van der Waals surface area contributed by atoms with Crippen LogP contribution in [0.2, 0.25) is 0 Å². The number of para-hydroxylation sites is 1. The largest absolute Gasteiger partial charge is 0.347 e. The lowest BCUT2D eigenvalue weighted by atomic mass is 9.85. The molecule has 1 aromatic heterocycles. The molecule has 0 bridgehead atoms. The molecule has 0 spiro atoms. The van der Waals surface area contributed by atoms with Gasteiger partial charge in [-0.2, -0.15) is 0 Å². The van der Waals surface area contributed by atoms with Crippen molar-refractivity contribution < 1.29 is 32.8 Å². The first-order chi connectivity index (χ1) is 21.2. The lowest BCUT2D eigenvalue weighted by molar-refractivity contribution is -0.145. The van der Waals surface area contributed by atoms with Gasteiger partial charge in [-0.05, 0) is 55.6 Å². The molecule has 45 heavy (non-hydrogen) atoms. The van der Waals surface area contributed by atoms with Crippen molar-refractivity contribution in [1.29, 1.82) is 0 Å². The molecule has 2 heterocycles. The van der Waals surface area contributed by atoms with Gasteiger partial charge in [0.05, 0.1) is 11.1 Å². The number of nitrogens with one attached hydrogen (secondary N) is 3. The number of alkyl halides is 2. The van der Waals surface area contributed by atoms with Crippen LogP contribution in [0.4, 0.5) is 8.78 Å². The molecule has 10 nitrogen and oxygen atoms in total. The van der Waals surface area contributed by atoms with Crippen molar-refractivity contribution in [2.75, 3.05) is 6.54 Å². The SMILES string of the molecule is CC[C@H](C)NC(=O)C(=O)C(CC(F)F)NC(=O)[C@@H]1[C@H]2CCC[C@H]2CN1C(=O)[C@@H](NC(=O)c1ccnc2ccccc12)C(C)(C)C. The van der Waals surface area contributed by atoms with Crippen LogP contribution in [0.5, 0.6) is 0 Å². The average molecular weight is 628 g/mol. The minimum absolute atomic E-state index is 0.00288. The molecule has 1 saturated carbocycles. The Bertz CT molecular complexity index is 1440. The third-order valence-electron chi connectivity index (χ3n) is 8.98. The second-order valence-corrected chi connectivity index (χ2v) is 13.3. The highest BCUT2D eigenvalue weighted by Gasteiger charge is 2.52. The Morgan fingerprint density at radius 1 is 1.02 bits per heavy atom. The number of likely N-dealkylation sites (tertiary alicyclic amines) is 1. The Hall–Kier alpha value is -3.96. The van der Waals surface area contributed by atoms with E-state index in [0.29, 0.717) is 29.3 Å². The summed E-state index contributed by atoms with van der Waals surface area (Å²) in [7, 11) is 0. The summed E-state index contributed by atoms with van der Waals surface area (Å²) in [4.78, 5) is 72.9. The number of amides is 4. The van der Waals surface area contributed by atoms with Gasteiger partial charge in [-0.3, -0.25) is 29.0 Å². The smallest absolute Gasteiger partial charge is 0.289 e. The van der Waals surface area contributed by atoms with E-state index in [1.165, 1.54) is 11.1 Å². The predicted molar refractivity (Wildman–Crippen MR) is 164 cm³/mol. The van der Waals surface area contributed by atoms with E-state index in [-0.39, 0.29) is 24.4 Å². The van der Waals surface area contributed by atoms with Crippen LogP contribution in [-0.2, 0) is 19.2 Å². The number of pyridine rings is 1. The number of benzene rings is 1. The van der Waals surface area contributed by atoms with Gasteiger partial charge < -0.3 is 20.9 Å². The second-order valence-electron chi connectivity index (χ2n) is 13.3. The van der Waals surface area contributed by atoms with Gasteiger partial charge in [0.2, 0.25) is 24.0 Å². The van der Waals surface area contributed by atoms with Crippen LogP contribution < -0.4 is 16.0 Å². The summed E-state index contributed by atoms with van der Waals surface area (Å²) in [6.07, 6.45) is 0.319. The summed E-state index contributed by atoms with van der Waals surface area (Å²) in [6, 6.07) is 4.54. The number of aromatic nitrogens is 1. The highest BCUT2D eigenvalue weighted by molar-refractivity contribution is 6.38. The number of rotatable bonds is 11. The molecule has 2 fully saturated rings. The number of fused-ring (bicyclic) bond motifs is 2. The maximum absolute atomic E-state index is 14.3. The van der Waals surface area contributed by atoms with Gasteiger partial charge in [0, 0.05) is 30.6 Å². The first-order valence-electron chi connectivity index (χ1n) is 15.6. The molecule has 2 aromatic rings. The summed E-state index contributed by atoms with van der Waals surface area (Å²) in [5.74, 6) is -4.16. The second kappa shape index (κ2) is 14.0. The van der Waals surface area contributed by atoms with Gasteiger partial charge in [-0.25, -0.2) is 8.78 Å². The summed E-state index contributed by atoms with van der Waals surface area (Å²) >= 11 is 0. The Labute approximate surface area is 262 Å². The summed E-state index contributed by atoms with van der Waals surface area (Å²) in [6.45, 7) is 9.14. The summed E-state index contributed by atoms with van der Waals surface area (Å²) in [5.41, 5.74) is 0.203. The number of carbonyl (C=O) groups is 5. The highest BCUT2D eigenvalue weighted by Crippen LogP contribution is 2.43. The van der Waals surface area contributed by atoms with Crippen molar-refractivity contribution in [3.63, 3.8) is 0 Å². The number of carbonyl (C=O) groups excluding carboxylic acids is 5. The number of Topliss-reactive ketones (excluding diaryl/α,β-unsaturated/α-hetero) is 1. The maximum Gasteiger partial charge on any atom is 0.289 e. The predicted octanol–water partition coefficient (Wildman–Crippen LogP) is 3.63. The zero-order valence-corrected chi connectivity index (χ0v) is 26.4. The first-order valence-corrected chi connectivity index (χ1v) is 15.6. The van der Waals surface area contributed by atoms with E-state index in [0.717, 1.165) is 12.8 Å². The van der Waals surface area contributed by atoms with Crippen molar-refractivity contribution >= 4 is 40.3 Å². The fourth-order valence-corrected chi connectivity index (χ4v) is 6.41. The molecule has 1 aliphatic carbocycles. The van der Waals surface area contributed by atoms with Crippen LogP contribution in [-0.4, -0.2) is 76.4 Å². The zero-order valence-electron chi connectivity index (χ0n) is 26.4. The molecule has 2 aliphatic rings. The Morgan fingerprint density at radius 3 is 2.40 bits per heavy atom. The molecular formula is C33H43F2N5O5. The zero-order chi connectivity index (χ0) is 33.1. The van der Waals surface area contributed by atoms with Crippen molar-refractivity contribution in [2.45, 2.75) is 97.3 Å². The molecule has 1 saturated heterocycles. The Kier molecular flexibility index (Phi) is 10.5. The molecule has 244 valence electrons. The number of hydrogen-bond donors (Lipinski definition) is 3. The highest BCUT2D eigenvalue weighted by atomic mass is 19.3. The molecule has 12 heteroatoms. The summed E-state index contributed by atoms with van der Waals surface area (Å²) in [5, 5.41) is 8.40. The van der Waals surface area contributed by atoms with Crippen LogP contribution in [0.25, 0.3) is 10.9 Å². The fraction of sp³-hybridized carbons (Fsp3) is 0.576. The Morgan fingerprint density at radius 2 is 1.73 bits per heavy atom. The quantitative estimate of drug-likeness (QED) is 0.326. The Balaban J connectivity index is 1.60. The maximum atomic E-state index is 14.3. The number of hydrogen-bond acceptors (Lipinski definition) is 6. The van der Waals surface area contributed by atoms with Gasteiger partial charge in [0.1, 0.15) is 18.1 Å². The molecule has 4 amide bonds. The lowest BCUT2D eigenvalue weighted by Crippen LogP contribution is -2.60. The van der Waals surface area contributed by atoms with E-state index >= 15 is 0 Å². The van der Waals surface area contributed by atoms with E-state index < -0.39 is 65.8 Å². The average Bonchev–Trinajstić information content (AvgIpc) is 3.59. The first kappa shape index (κ1) is 33.9. The van der Waals surface area contributed by atoms with E-state index in [2.05, 4.69) is 20.9 Å². The molecule has 1 unspecified atom stereocenters. The van der Waals surface area contributed by atoms with Crippen molar-refractivity contribution in [3.8, 4) is 0 Å². The van der Waals surface area contributed by atoms with E-state index in [1.807, 2.05) is 6.07 Å². The topological polar surface area (TPSA) is 138 Å². The molecule has 3 N–H and O–H groups in total. The molecule has 0 radical (unpaired) electrons. The van der Waals surface area contributed by atoms with Crippen LogP contribution in [0.3, 0.4) is 0 Å². The van der Waals surface area contributed by atoms with Gasteiger partial charge in [-0.1, -0.05) is 52.3 Å². The van der Waals surface area contributed by atoms with Gasteiger partial charge in [0.25, 0.3) is 11.8 Å². The van der Waals surface area contributed by atoms with Crippen molar-refractivity contribution in [3.05, 3.63) is 42.1 Å². The van der Waals surface area contributed by atoms with Crippen LogP contribution >= 0.6 is 0 Å². The lowest BCUT2D eigenvalue weighted by Gasteiger charge is -2.36. The molecule has 1 aliphatic heterocycles. The van der Waals surface area contributed by atoms with Crippen LogP contribution in [0.15, 0.2) is 36.5 Å². The molecule has 6 atom stereocenters. The minimum atomic E-state index is -2.96. The van der Waals surface area contributed by atoms with Gasteiger partial charge in [-0.15, -0.1) is 0 Å². The van der Waals surface area contributed by atoms with Crippen molar-refractivity contribution in [1.82, 2.24) is 25.8 Å². The third kappa shape index (κ3) is 7.65. The van der Waals surface area contributed by atoms with Crippen LogP contribution in [0.1, 0.15) is 77.1 Å². The van der Waals surface area contributed by atoms with Gasteiger partial charge >= 0.3 is 0 Å². The van der Waals surface area contributed by atoms with E-state index in [1.54, 1.807) is 58.9 Å². The molecule has 4 rings (SSSR count). The minimum Gasteiger partial charge on any atom is -0.347 e. The van der Waals surface area contributed by atoms with E-state index in [9.17, 15) is 32.8 Å². The number of ketones is 1. The van der Waals surface area contributed by atoms with E-state index in [4.69, 9.17) is 0 Å². The van der Waals surface area contributed by atoms with Crippen LogP contribution in [0, 0.1) is 17.3 Å². The standard InChI is InChI=1S/C33H43F2N5O5/c1-6-18(2)37-31(44)27(41)24(16-25(34)35)38-30(43)26-20-12-9-10-19(20)17-40(26)32(45)28(33(3,4)5)39-29(42)22-14-15-36-23-13-8-7-11-21(22)23/h7-8,11,13-15,18-20,24-26,28H,6,9-10,12,16-17H2,1-5H3,(H,37,44)(H,38,43)(H,39,42)/t18-,19-,20-,24?,26-,28+/m0/s1. The fourth-order valence-electron chi connectivity index (χ4n) is 6.41. The third-order valence-corrected chi connectivity index (χ3v) is 8.98.